The Morgan fingerprint density at radius 1 is 1.29 bits per heavy atom. The Morgan fingerprint density at radius 2 is 2.12 bits per heavy atom. The average molecular weight is 345 g/mol. The largest absolute Gasteiger partial charge is 0.497 e. The zero-order chi connectivity index (χ0) is 17.1. The fraction of sp³-hybridized carbons (Fsp3) is 0.312. The summed E-state index contributed by atoms with van der Waals surface area (Å²) in [6.45, 7) is 4.15. The van der Waals surface area contributed by atoms with Crippen molar-refractivity contribution in [3.8, 4) is 11.4 Å². The lowest BCUT2D eigenvalue weighted by molar-refractivity contribution is 0.392. The fourth-order valence-corrected chi connectivity index (χ4v) is 3.50. The van der Waals surface area contributed by atoms with Gasteiger partial charge in [-0.2, -0.15) is 0 Å². The Labute approximate surface area is 144 Å². The summed E-state index contributed by atoms with van der Waals surface area (Å²) in [7, 11) is 1.64. The molecule has 0 saturated carbocycles. The maximum atomic E-state index is 5.82. The number of ether oxygens (including phenoxy) is 1. The van der Waals surface area contributed by atoms with Crippen LogP contribution in [0.15, 0.2) is 33.9 Å². The van der Waals surface area contributed by atoms with Crippen LogP contribution >= 0.6 is 11.8 Å². The Hall–Kier alpha value is -2.32. The molecule has 0 atom stereocenters. The molecule has 2 aromatic heterocycles. The topological polar surface area (TPSA) is 92.0 Å². The van der Waals surface area contributed by atoms with Crippen LogP contribution < -0.4 is 10.5 Å². The number of aromatic nitrogens is 4. The Bertz CT molecular complexity index is 823. The molecule has 0 aliphatic carbocycles. The molecule has 3 aromatic rings. The van der Waals surface area contributed by atoms with Gasteiger partial charge in [-0.1, -0.05) is 23.0 Å². The molecule has 0 fully saturated rings. The minimum absolute atomic E-state index is 0.302. The van der Waals surface area contributed by atoms with Crippen molar-refractivity contribution in [1.29, 1.82) is 0 Å². The van der Waals surface area contributed by atoms with Gasteiger partial charge >= 0.3 is 0 Å². The number of hydrogen-bond donors (Lipinski definition) is 1. The van der Waals surface area contributed by atoms with Gasteiger partial charge in [-0.15, -0.1) is 10.2 Å². The third-order valence-electron chi connectivity index (χ3n) is 3.72. The smallest absolute Gasteiger partial charge is 0.196 e. The molecule has 8 heteroatoms. The standard InChI is InChI=1S/C16H19N5O2S/c1-10-14(11(2)23-20-10)9-24-16-19-18-15(8-17)21(16)12-5-4-6-13(7-12)22-3/h4-7H,8-9,17H2,1-3H3. The van der Waals surface area contributed by atoms with E-state index in [0.29, 0.717) is 18.1 Å². The van der Waals surface area contributed by atoms with Gasteiger partial charge < -0.3 is 15.0 Å². The van der Waals surface area contributed by atoms with E-state index in [1.165, 1.54) is 0 Å². The van der Waals surface area contributed by atoms with Crippen molar-refractivity contribution in [3.05, 3.63) is 47.1 Å². The van der Waals surface area contributed by atoms with Gasteiger partial charge in [0, 0.05) is 17.4 Å². The van der Waals surface area contributed by atoms with E-state index in [4.69, 9.17) is 15.0 Å². The molecule has 2 N–H and O–H groups in total. The molecule has 0 spiro atoms. The van der Waals surface area contributed by atoms with Gasteiger partial charge in [-0.25, -0.2) is 0 Å². The Morgan fingerprint density at radius 3 is 2.79 bits per heavy atom. The molecule has 3 rings (SSSR count). The first-order valence-electron chi connectivity index (χ1n) is 7.47. The summed E-state index contributed by atoms with van der Waals surface area (Å²) in [6.07, 6.45) is 0. The highest BCUT2D eigenvalue weighted by Crippen LogP contribution is 2.28. The van der Waals surface area contributed by atoms with Crippen molar-refractivity contribution < 1.29 is 9.26 Å². The van der Waals surface area contributed by atoms with Crippen molar-refractivity contribution in [2.75, 3.05) is 7.11 Å². The van der Waals surface area contributed by atoms with E-state index >= 15 is 0 Å². The minimum Gasteiger partial charge on any atom is -0.497 e. The molecule has 126 valence electrons. The lowest BCUT2D eigenvalue weighted by atomic mass is 10.2. The lowest BCUT2D eigenvalue weighted by Gasteiger charge is -2.10. The van der Waals surface area contributed by atoms with Crippen molar-refractivity contribution in [2.45, 2.75) is 31.3 Å². The zero-order valence-electron chi connectivity index (χ0n) is 13.8. The number of nitrogens with two attached hydrogens (primary N) is 1. The number of hydrogen-bond acceptors (Lipinski definition) is 7. The van der Waals surface area contributed by atoms with Crippen LogP contribution in [0.25, 0.3) is 5.69 Å². The van der Waals surface area contributed by atoms with Crippen LogP contribution in [0.2, 0.25) is 0 Å². The van der Waals surface area contributed by atoms with Crippen molar-refractivity contribution >= 4 is 11.8 Å². The van der Waals surface area contributed by atoms with E-state index in [0.717, 1.165) is 33.6 Å². The Balaban J connectivity index is 1.93. The van der Waals surface area contributed by atoms with Gasteiger partial charge in [-0.05, 0) is 26.0 Å². The second-order valence-corrected chi connectivity index (χ2v) is 6.17. The molecule has 0 amide bonds. The zero-order valence-corrected chi connectivity index (χ0v) is 14.6. The summed E-state index contributed by atoms with van der Waals surface area (Å²) in [5.41, 5.74) is 8.71. The van der Waals surface area contributed by atoms with E-state index in [2.05, 4.69) is 15.4 Å². The SMILES string of the molecule is COc1cccc(-n2c(CN)nnc2SCc2c(C)noc2C)c1. The van der Waals surface area contributed by atoms with Crippen LogP contribution in [0, 0.1) is 13.8 Å². The van der Waals surface area contributed by atoms with Crippen LogP contribution in [-0.2, 0) is 12.3 Å². The van der Waals surface area contributed by atoms with Gasteiger partial charge in [-0.3, -0.25) is 4.57 Å². The first-order chi connectivity index (χ1) is 11.6. The maximum Gasteiger partial charge on any atom is 0.196 e. The highest BCUT2D eigenvalue weighted by molar-refractivity contribution is 7.98. The van der Waals surface area contributed by atoms with Crippen LogP contribution in [0.1, 0.15) is 22.8 Å². The molecule has 0 saturated heterocycles. The summed E-state index contributed by atoms with van der Waals surface area (Å²) in [4.78, 5) is 0. The molecule has 7 nitrogen and oxygen atoms in total. The van der Waals surface area contributed by atoms with Gasteiger partial charge in [0.2, 0.25) is 0 Å². The number of thioether (sulfide) groups is 1. The summed E-state index contributed by atoms with van der Waals surface area (Å²) < 4.78 is 12.5. The Kier molecular flexibility index (Phi) is 4.86. The van der Waals surface area contributed by atoms with Crippen LogP contribution in [-0.4, -0.2) is 27.0 Å². The monoisotopic (exact) mass is 345 g/mol. The fourth-order valence-electron chi connectivity index (χ4n) is 2.38. The molecule has 24 heavy (non-hydrogen) atoms. The number of nitrogens with zero attached hydrogens (tertiary/aromatic N) is 4. The average Bonchev–Trinajstić information content (AvgIpc) is 3.16. The first-order valence-corrected chi connectivity index (χ1v) is 8.46. The van der Waals surface area contributed by atoms with E-state index in [1.54, 1.807) is 18.9 Å². The van der Waals surface area contributed by atoms with E-state index in [-0.39, 0.29) is 0 Å². The highest BCUT2D eigenvalue weighted by atomic mass is 32.2. The van der Waals surface area contributed by atoms with Crippen LogP contribution in [0.3, 0.4) is 0 Å². The summed E-state index contributed by atoms with van der Waals surface area (Å²) >= 11 is 1.57. The molecule has 1 aromatic carbocycles. The molecule has 0 aliphatic rings. The number of rotatable bonds is 6. The molecule has 0 unspecified atom stereocenters. The lowest BCUT2D eigenvalue weighted by Crippen LogP contribution is -2.08. The van der Waals surface area contributed by atoms with Crippen molar-refractivity contribution in [1.82, 2.24) is 19.9 Å². The van der Waals surface area contributed by atoms with Gasteiger partial charge in [0.15, 0.2) is 11.0 Å². The molecular weight excluding hydrogens is 326 g/mol. The van der Waals surface area contributed by atoms with Crippen molar-refractivity contribution in [3.63, 3.8) is 0 Å². The van der Waals surface area contributed by atoms with Gasteiger partial charge in [0.05, 0.1) is 25.0 Å². The summed E-state index contributed by atoms with van der Waals surface area (Å²) in [6, 6.07) is 7.73. The maximum absolute atomic E-state index is 5.82. The molecular formula is C16H19N5O2S. The molecule has 0 aliphatic heterocycles. The second-order valence-electron chi connectivity index (χ2n) is 5.23. The quantitative estimate of drug-likeness (QED) is 0.687. The number of aryl methyl sites for hydroxylation is 2. The third-order valence-corrected chi connectivity index (χ3v) is 4.68. The van der Waals surface area contributed by atoms with Gasteiger partial charge in [0.25, 0.3) is 0 Å². The molecule has 2 heterocycles. The van der Waals surface area contributed by atoms with E-state index < -0.39 is 0 Å². The number of benzene rings is 1. The second kappa shape index (κ2) is 7.06. The van der Waals surface area contributed by atoms with Crippen LogP contribution in [0.4, 0.5) is 0 Å². The minimum atomic E-state index is 0.302. The molecule has 0 bridgehead atoms. The summed E-state index contributed by atoms with van der Waals surface area (Å²) in [5.74, 6) is 3.00. The van der Waals surface area contributed by atoms with E-state index in [9.17, 15) is 0 Å². The van der Waals surface area contributed by atoms with Crippen LogP contribution in [0.5, 0.6) is 5.75 Å². The third kappa shape index (κ3) is 3.15. The molecule has 0 radical (unpaired) electrons. The van der Waals surface area contributed by atoms with Crippen molar-refractivity contribution in [2.24, 2.45) is 5.73 Å². The normalized spacial score (nSPS) is 11.0. The van der Waals surface area contributed by atoms with Gasteiger partial charge in [0.1, 0.15) is 11.5 Å². The number of methoxy groups -OCH3 is 1. The summed E-state index contributed by atoms with van der Waals surface area (Å²) in [5, 5.41) is 13.2. The predicted molar refractivity (Wildman–Crippen MR) is 91.3 cm³/mol. The van der Waals surface area contributed by atoms with E-state index in [1.807, 2.05) is 42.7 Å². The first kappa shape index (κ1) is 16.5. The predicted octanol–water partition coefficient (Wildman–Crippen LogP) is 2.63. The highest BCUT2D eigenvalue weighted by Gasteiger charge is 2.16.